The molecule has 0 rings (SSSR count). The van der Waals surface area contributed by atoms with Gasteiger partial charge in [-0.15, -0.1) is 0 Å². The molecule has 0 saturated heterocycles. The van der Waals surface area contributed by atoms with Crippen molar-refractivity contribution < 1.29 is 32.9 Å². The maximum atomic E-state index is 12.9. The molecular formula is C58H109N2O6P. The van der Waals surface area contributed by atoms with Crippen LogP contribution in [0.2, 0.25) is 0 Å². The molecular weight excluding hydrogens is 852 g/mol. The molecule has 0 aliphatic carbocycles. The van der Waals surface area contributed by atoms with Crippen LogP contribution in [0.3, 0.4) is 0 Å². The molecule has 392 valence electrons. The Bertz CT molecular complexity index is 1270. The second-order valence-electron chi connectivity index (χ2n) is 20.3. The van der Waals surface area contributed by atoms with E-state index in [0.29, 0.717) is 23.9 Å². The van der Waals surface area contributed by atoms with Crippen LogP contribution in [0, 0.1) is 0 Å². The third-order valence-corrected chi connectivity index (χ3v) is 13.4. The molecule has 0 spiro atoms. The van der Waals surface area contributed by atoms with Gasteiger partial charge in [0.25, 0.3) is 7.82 Å². The van der Waals surface area contributed by atoms with E-state index >= 15 is 0 Å². The van der Waals surface area contributed by atoms with Gasteiger partial charge in [0.1, 0.15) is 13.2 Å². The molecule has 0 aromatic heterocycles. The standard InChI is InChI=1S/C58H109N2O6P/c1-6-8-10-12-14-16-18-20-21-22-23-24-25-26-27-28-29-30-31-32-33-34-35-36-37-38-40-41-43-45-47-49-51-57(61)56(55-66-67(63,64)65-54-53-60(3,4)5)59-58(62)52-50-48-46-44-42-39-19-17-15-13-11-9-7-2/h9,11,15,17,39,41-43,49,51,56-57,61H,6-8,10,12-14,16,18-38,40,44-48,50,52-55H2,1-5H3,(H-,59,62,63,64)/b11-9-,17-15-,42-39-,43-41+,51-49+. The van der Waals surface area contributed by atoms with Crippen molar-refractivity contribution >= 4 is 13.7 Å². The maximum absolute atomic E-state index is 12.9. The summed E-state index contributed by atoms with van der Waals surface area (Å²) in [6, 6.07) is -0.921. The van der Waals surface area contributed by atoms with E-state index in [4.69, 9.17) is 9.05 Å². The number of unbranched alkanes of at least 4 members (excludes halogenated alkanes) is 30. The molecule has 0 bridgehead atoms. The van der Waals surface area contributed by atoms with E-state index in [1.54, 1.807) is 6.08 Å². The van der Waals surface area contributed by atoms with Crippen molar-refractivity contribution in [3.63, 3.8) is 0 Å². The minimum absolute atomic E-state index is 0.0144. The van der Waals surface area contributed by atoms with Crippen molar-refractivity contribution in [3.8, 4) is 0 Å². The van der Waals surface area contributed by atoms with Crippen LogP contribution >= 0.6 is 7.82 Å². The summed E-state index contributed by atoms with van der Waals surface area (Å²) in [5.41, 5.74) is 0. The lowest BCUT2D eigenvalue weighted by Crippen LogP contribution is -2.45. The Morgan fingerprint density at radius 1 is 0.537 bits per heavy atom. The number of aliphatic hydroxyl groups is 1. The van der Waals surface area contributed by atoms with Crippen LogP contribution in [-0.4, -0.2) is 68.5 Å². The molecule has 3 atom stereocenters. The van der Waals surface area contributed by atoms with Crippen LogP contribution in [0.5, 0.6) is 0 Å². The van der Waals surface area contributed by atoms with Crippen molar-refractivity contribution in [2.24, 2.45) is 0 Å². The summed E-state index contributed by atoms with van der Waals surface area (Å²) in [5.74, 6) is -0.237. The first kappa shape index (κ1) is 65.2. The van der Waals surface area contributed by atoms with Gasteiger partial charge in [0.05, 0.1) is 39.9 Å². The highest BCUT2D eigenvalue weighted by Crippen LogP contribution is 2.38. The van der Waals surface area contributed by atoms with Crippen LogP contribution in [-0.2, 0) is 18.4 Å². The van der Waals surface area contributed by atoms with Crippen molar-refractivity contribution in [2.75, 3.05) is 40.9 Å². The fourth-order valence-corrected chi connectivity index (χ4v) is 8.79. The van der Waals surface area contributed by atoms with E-state index in [9.17, 15) is 19.4 Å². The van der Waals surface area contributed by atoms with Crippen LogP contribution in [0.15, 0.2) is 60.8 Å². The molecule has 0 aliphatic heterocycles. The number of hydrogen-bond donors (Lipinski definition) is 2. The monoisotopic (exact) mass is 961 g/mol. The lowest BCUT2D eigenvalue weighted by atomic mass is 10.0. The van der Waals surface area contributed by atoms with Gasteiger partial charge in [-0.1, -0.05) is 242 Å². The number of rotatable bonds is 51. The lowest BCUT2D eigenvalue weighted by molar-refractivity contribution is -0.870. The number of allylic oxidation sites excluding steroid dienone is 9. The highest BCUT2D eigenvalue weighted by atomic mass is 31.2. The van der Waals surface area contributed by atoms with Crippen molar-refractivity contribution in [3.05, 3.63) is 60.8 Å². The number of likely N-dealkylation sites (N-methyl/N-ethyl adjacent to an activating group) is 1. The summed E-state index contributed by atoms with van der Waals surface area (Å²) < 4.78 is 23.2. The number of nitrogens with zero attached hydrogens (tertiary/aromatic N) is 1. The minimum atomic E-state index is -4.61. The molecule has 0 aliphatic rings. The quantitative estimate of drug-likeness (QED) is 0.0272. The zero-order valence-electron chi connectivity index (χ0n) is 44.6. The number of carbonyl (C=O) groups is 1. The van der Waals surface area contributed by atoms with Gasteiger partial charge in [0.2, 0.25) is 5.91 Å². The van der Waals surface area contributed by atoms with Gasteiger partial charge in [-0.3, -0.25) is 9.36 Å². The highest BCUT2D eigenvalue weighted by Gasteiger charge is 2.23. The Morgan fingerprint density at radius 2 is 0.925 bits per heavy atom. The van der Waals surface area contributed by atoms with Crippen molar-refractivity contribution in [2.45, 2.75) is 264 Å². The molecule has 0 aromatic carbocycles. The number of hydrogen-bond acceptors (Lipinski definition) is 6. The predicted octanol–water partition coefficient (Wildman–Crippen LogP) is 16.3. The summed E-state index contributed by atoms with van der Waals surface area (Å²) >= 11 is 0. The SMILES string of the molecule is CC/C=C\C/C=C\C/C=C\CCCCCC(=O)NC(COP(=O)([O-])OCC[N+](C)(C)C)C(O)/C=C/CC/C=C/CCCCCCCCCCCCCCCCCCCCCCCCCCCC. The predicted molar refractivity (Wildman–Crippen MR) is 288 cm³/mol. The van der Waals surface area contributed by atoms with Crippen molar-refractivity contribution in [1.82, 2.24) is 5.32 Å². The third kappa shape index (κ3) is 51.9. The van der Waals surface area contributed by atoms with Gasteiger partial charge >= 0.3 is 0 Å². The molecule has 2 N–H and O–H groups in total. The van der Waals surface area contributed by atoms with Gasteiger partial charge in [-0.2, -0.15) is 0 Å². The second-order valence-corrected chi connectivity index (χ2v) is 21.7. The molecule has 0 radical (unpaired) electrons. The normalized spacial score (nSPS) is 14.4. The number of phosphoric acid groups is 1. The fourth-order valence-electron chi connectivity index (χ4n) is 8.07. The van der Waals surface area contributed by atoms with E-state index in [1.165, 1.54) is 167 Å². The van der Waals surface area contributed by atoms with Crippen LogP contribution in [0.25, 0.3) is 0 Å². The Morgan fingerprint density at radius 3 is 1.39 bits per heavy atom. The third-order valence-electron chi connectivity index (χ3n) is 12.5. The van der Waals surface area contributed by atoms with Gasteiger partial charge in [0, 0.05) is 6.42 Å². The molecule has 9 heteroatoms. The van der Waals surface area contributed by atoms with Crippen molar-refractivity contribution in [1.29, 1.82) is 0 Å². The molecule has 8 nitrogen and oxygen atoms in total. The average Bonchev–Trinajstić information content (AvgIpc) is 3.29. The zero-order valence-corrected chi connectivity index (χ0v) is 45.5. The fraction of sp³-hybridized carbons (Fsp3) is 0.810. The number of nitrogens with one attached hydrogen (secondary N) is 1. The van der Waals surface area contributed by atoms with E-state index in [1.807, 2.05) is 27.2 Å². The highest BCUT2D eigenvalue weighted by molar-refractivity contribution is 7.45. The molecule has 0 saturated carbocycles. The summed E-state index contributed by atoms with van der Waals surface area (Å²) in [6.45, 7) is 4.50. The number of carbonyl (C=O) groups excluding carboxylic acids is 1. The smallest absolute Gasteiger partial charge is 0.268 e. The van der Waals surface area contributed by atoms with Crippen LogP contribution < -0.4 is 10.2 Å². The number of phosphoric ester groups is 1. The number of quaternary nitrogens is 1. The number of amides is 1. The van der Waals surface area contributed by atoms with E-state index in [0.717, 1.165) is 57.8 Å². The van der Waals surface area contributed by atoms with Crippen LogP contribution in [0.4, 0.5) is 0 Å². The summed E-state index contributed by atoms with van der Waals surface area (Å²) in [5, 5.41) is 13.8. The largest absolute Gasteiger partial charge is 0.756 e. The van der Waals surface area contributed by atoms with E-state index in [-0.39, 0.29) is 12.5 Å². The van der Waals surface area contributed by atoms with E-state index < -0.39 is 26.6 Å². The second kappa shape index (κ2) is 49.2. The van der Waals surface area contributed by atoms with Crippen LogP contribution in [0.1, 0.15) is 251 Å². The maximum Gasteiger partial charge on any atom is 0.268 e. The topological polar surface area (TPSA) is 108 Å². The Balaban J connectivity index is 4.13. The lowest BCUT2D eigenvalue weighted by Gasteiger charge is -2.29. The first-order valence-corrected chi connectivity index (χ1v) is 29.6. The van der Waals surface area contributed by atoms with Gasteiger partial charge in [-0.25, -0.2) is 0 Å². The Labute approximate surface area is 415 Å². The zero-order chi connectivity index (χ0) is 49.2. The summed E-state index contributed by atoms with van der Waals surface area (Å²) in [6.07, 6.45) is 66.2. The molecule has 0 aromatic rings. The molecule has 67 heavy (non-hydrogen) atoms. The Kier molecular flexibility index (Phi) is 47.9. The first-order chi connectivity index (χ1) is 32.5. The van der Waals surface area contributed by atoms with Gasteiger partial charge in [0.15, 0.2) is 0 Å². The first-order valence-electron chi connectivity index (χ1n) is 28.2. The summed E-state index contributed by atoms with van der Waals surface area (Å²) in [4.78, 5) is 25.4. The van der Waals surface area contributed by atoms with E-state index in [2.05, 4.69) is 67.8 Å². The molecule has 3 unspecified atom stereocenters. The Hall–Kier alpha value is -1.80. The minimum Gasteiger partial charge on any atom is -0.756 e. The number of aliphatic hydroxyl groups excluding tert-OH is 1. The van der Waals surface area contributed by atoms with Gasteiger partial charge in [-0.05, 0) is 64.2 Å². The average molecular weight is 961 g/mol. The van der Waals surface area contributed by atoms with Gasteiger partial charge < -0.3 is 28.8 Å². The summed E-state index contributed by atoms with van der Waals surface area (Å²) in [7, 11) is 1.22. The molecule has 0 heterocycles. The molecule has 0 fully saturated rings. The molecule has 1 amide bonds.